The standard InChI is InChI=1S/C14H17FN2O2/c1-14(2,3)19-13(18)12(17)7-9-4-5-10(8-16)11(15)6-9/h4-6,12H,7,17H2,1-3H3. The molecule has 1 aromatic rings. The number of hydrogen-bond donors (Lipinski definition) is 1. The first-order valence-electron chi connectivity index (χ1n) is 5.90. The highest BCUT2D eigenvalue weighted by molar-refractivity contribution is 5.76. The van der Waals surface area contributed by atoms with Crippen molar-refractivity contribution in [1.82, 2.24) is 0 Å². The van der Waals surface area contributed by atoms with Crippen molar-refractivity contribution < 1.29 is 13.9 Å². The highest BCUT2D eigenvalue weighted by Crippen LogP contribution is 2.13. The van der Waals surface area contributed by atoms with Crippen LogP contribution in [0.1, 0.15) is 31.9 Å². The number of ether oxygens (including phenoxy) is 1. The lowest BCUT2D eigenvalue weighted by atomic mass is 10.0. The van der Waals surface area contributed by atoms with Crippen LogP contribution in [0.5, 0.6) is 0 Å². The van der Waals surface area contributed by atoms with Crippen LogP contribution in [-0.4, -0.2) is 17.6 Å². The van der Waals surface area contributed by atoms with E-state index in [0.29, 0.717) is 5.56 Å². The van der Waals surface area contributed by atoms with Gasteiger partial charge in [-0.15, -0.1) is 0 Å². The van der Waals surface area contributed by atoms with E-state index in [1.54, 1.807) is 32.9 Å². The molecule has 1 unspecified atom stereocenters. The van der Waals surface area contributed by atoms with Crippen LogP contribution in [0.15, 0.2) is 18.2 Å². The average molecular weight is 264 g/mol. The number of carbonyl (C=O) groups is 1. The Labute approximate surface area is 112 Å². The Balaban J connectivity index is 2.72. The Hall–Kier alpha value is -1.93. The van der Waals surface area contributed by atoms with E-state index in [1.165, 1.54) is 12.1 Å². The summed E-state index contributed by atoms with van der Waals surface area (Å²) < 4.78 is 18.5. The fourth-order valence-electron chi connectivity index (χ4n) is 1.49. The zero-order valence-electron chi connectivity index (χ0n) is 11.2. The van der Waals surface area contributed by atoms with Crippen LogP contribution < -0.4 is 5.73 Å². The van der Waals surface area contributed by atoms with Gasteiger partial charge >= 0.3 is 5.97 Å². The molecular weight excluding hydrogens is 247 g/mol. The molecule has 0 fully saturated rings. The van der Waals surface area contributed by atoms with Crippen molar-refractivity contribution in [1.29, 1.82) is 5.26 Å². The van der Waals surface area contributed by atoms with Crippen molar-refractivity contribution in [3.63, 3.8) is 0 Å². The second-order valence-electron chi connectivity index (χ2n) is 5.27. The molecule has 4 nitrogen and oxygen atoms in total. The largest absolute Gasteiger partial charge is 0.459 e. The van der Waals surface area contributed by atoms with Crippen molar-refractivity contribution in [2.45, 2.75) is 38.8 Å². The van der Waals surface area contributed by atoms with Gasteiger partial charge in [-0.1, -0.05) is 6.07 Å². The molecule has 1 rings (SSSR count). The SMILES string of the molecule is CC(C)(C)OC(=O)C(N)Cc1ccc(C#N)c(F)c1. The first-order chi connectivity index (χ1) is 8.73. The second kappa shape index (κ2) is 5.81. The Morgan fingerprint density at radius 1 is 1.53 bits per heavy atom. The maximum atomic E-state index is 13.4. The summed E-state index contributed by atoms with van der Waals surface area (Å²) in [6.45, 7) is 5.25. The van der Waals surface area contributed by atoms with E-state index in [1.807, 2.05) is 0 Å². The molecule has 102 valence electrons. The number of nitriles is 1. The molecule has 0 aliphatic carbocycles. The third-order valence-electron chi connectivity index (χ3n) is 2.32. The molecule has 0 bridgehead atoms. The van der Waals surface area contributed by atoms with Crippen LogP contribution in [-0.2, 0) is 16.0 Å². The maximum absolute atomic E-state index is 13.4. The summed E-state index contributed by atoms with van der Waals surface area (Å²) in [6.07, 6.45) is 0.164. The minimum absolute atomic E-state index is 0.0328. The van der Waals surface area contributed by atoms with Crippen LogP contribution in [0, 0.1) is 17.1 Å². The van der Waals surface area contributed by atoms with Gasteiger partial charge in [0.1, 0.15) is 23.5 Å². The second-order valence-corrected chi connectivity index (χ2v) is 5.27. The Bertz CT molecular complexity index is 515. The third-order valence-corrected chi connectivity index (χ3v) is 2.32. The van der Waals surface area contributed by atoms with Gasteiger partial charge < -0.3 is 10.5 Å². The number of carbonyl (C=O) groups excluding carboxylic acids is 1. The summed E-state index contributed by atoms with van der Waals surface area (Å²) in [6, 6.07) is 5.03. The van der Waals surface area contributed by atoms with E-state index in [9.17, 15) is 9.18 Å². The van der Waals surface area contributed by atoms with Gasteiger partial charge in [0, 0.05) is 0 Å². The summed E-state index contributed by atoms with van der Waals surface area (Å²) in [5, 5.41) is 8.62. The number of hydrogen-bond acceptors (Lipinski definition) is 4. The first-order valence-corrected chi connectivity index (χ1v) is 5.90. The number of rotatable bonds is 3. The maximum Gasteiger partial charge on any atom is 0.323 e. The van der Waals surface area contributed by atoms with Gasteiger partial charge in [0.2, 0.25) is 0 Å². The van der Waals surface area contributed by atoms with Gasteiger partial charge in [0.05, 0.1) is 5.56 Å². The minimum atomic E-state index is -0.855. The number of esters is 1. The molecule has 0 amide bonds. The predicted octanol–water partition coefficient (Wildman–Crippen LogP) is 1.91. The summed E-state index contributed by atoms with van der Waals surface area (Å²) in [5.74, 6) is -1.14. The zero-order chi connectivity index (χ0) is 14.6. The molecule has 0 aromatic heterocycles. The average Bonchev–Trinajstić information content (AvgIpc) is 2.27. The molecule has 0 spiro atoms. The molecule has 0 aliphatic rings. The topological polar surface area (TPSA) is 76.1 Å². The third kappa shape index (κ3) is 4.68. The first kappa shape index (κ1) is 15.1. The van der Waals surface area contributed by atoms with Crippen LogP contribution >= 0.6 is 0 Å². The Kier molecular flexibility index (Phi) is 4.62. The van der Waals surface area contributed by atoms with Gasteiger partial charge in [-0.25, -0.2) is 4.39 Å². The Morgan fingerprint density at radius 2 is 2.16 bits per heavy atom. The smallest absolute Gasteiger partial charge is 0.323 e. The lowest BCUT2D eigenvalue weighted by Gasteiger charge is -2.22. The van der Waals surface area contributed by atoms with Gasteiger partial charge in [-0.05, 0) is 44.9 Å². The summed E-state index contributed by atoms with van der Waals surface area (Å²) >= 11 is 0. The normalized spacial score (nSPS) is 12.6. The molecule has 2 N–H and O–H groups in total. The number of benzene rings is 1. The molecule has 0 aliphatic heterocycles. The molecule has 0 heterocycles. The van der Waals surface area contributed by atoms with Crippen molar-refractivity contribution in [2.24, 2.45) is 5.73 Å². The lowest BCUT2D eigenvalue weighted by molar-refractivity contribution is -0.156. The molecular formula is C14H17FN2O2. The highest BCUT2D eigenvalue weighted by atomic mass is 19.1. The van der Waals surface area contributed by atoms with Crippen LogP contribution in [0.2, 0.25) is 0 Å². The summed E-state index contributed by atoms with van der Waals surface area (Å²) in [4.78, 5) is 11.7. The Morgan fingerprint density at radius 3 is 2.63 bits per heavy atom. The van der Waals surface area contributed by atoms with E-state index in [0.717, 1.165) is 0 Å². The van der Waals surface area contributed by atoms with Gasteiger partial charge in [0.25, 0.3) is 0 Å². The minimum Gasteiger partial charge on any atom is -0.459 e. The number of halogens is 1. The molecule has 19 heavy (non-hydrogen) atoms. The molecule has 0 radical (unpaired) electrons. The van der Waals surface area contributed by atoms with E-state index >= 15 is 0 Å². The van der Waals surface area contributed by atoms with Crippen LogP contribution in [0.3, 0.4) is 0 Å². The van der Waals surface area contributed by atoms with Crippen LogP contribution in [0.4, 0.5) is 4.39 Å². The van der Waals surface area contributed by atoms with E-state index < -0.39 is 23.4 Å². The van der Waals surface area contributed by atoms with Crippen molar-refractivity contribution in [2.75, 3.05) is 0 Å². The fraction of sp³-hybridized carbons (Fsp3) is 0.429. The van der Waals surface area contributed by atoms with Crippen molar-refractivity contribution in [3.05, 3.63) is 35.1 Å². The monoisotopic (exact) mass is 264 g/mol. The van der Waals surface area contributed by atoms with Gasteiger partial charge in [-0.3, -0.25) is 4.79 Å². The van der Waals surface area contributed by atoms with E-state index in [4.69, 9.17) is 15.7 Å². The zero-order valence-corrected chi connectivity index (χ0v) is 11.2. The molecule has 1 aromatic carbocycles. The number of nitrogens with zero attached hydrogens (tertiary/aromatic N) is 1. The number of nitrogens with two attached hydrogens (primary N) is 1. The molecule has 0 saturated carbocycles. The van der Waals surface area contributed by atoms with E-state index in [2.05, 4.69) is 0 Å². The van der Waals surface area contributed by atoms with Gasteiger partial charge in [0.15, 0.2) is 0 Å². The van der Waals surface area contributed by atoms with Crippen LogP contribution in [0.25, 0.3) is 0 Å². The molecule has 1 atom stereocenters. The molecule has 0 saturated heterocycles. The lowest BCUT2D eigenvalue weighted by Crippen LogP contribution is -2.38. The highest BCUT2D eigenvalue weighted by Gasteiger charge is 2.22. The fourth-order valence-corrected chi connectivity index (χ4v) is 1.49. The van der Waals surface area contributed by atoms with E-state index in [-0.39, 0.29) is 12.0 Å². The molecule has 5 heteroatoms. The van der Waals surface area contributed by atoms with Crippen molar-refractivity contribution >= 4 is 5.97 Å². The quantitative estimate of drug-likeness (QED) is 0.846. The summed E-state index contributed by atoms with van der Waals surface area (Å²) in [7, 11) is 0. The van der Waals surface area contributed by atoms with Crippen molar-refractivity contribution in [3.8, 4) is 6.07 Å². The van der Waals surface area contributed by atoms with Gasteiger partial charge in [-0.2, -0.15) is 5.26 Å². The summed E-state index contributed by atoms with van der Waals surface area (Å²) in [5.41, 5.74) is 5.63. The predicted molar refractivity (Wildman–Crippen MR) is 68.6 cm³/mol.